The van der Waals surface area contributed by atoms with Gasteiger partial charge in [0.2, 0.25) is 21.8 Å². The fraction of sp³-hybridized carbons (Fsp3) is 0.238. The number of hydrogen-bond donors (Lipinski definition) is 2. The maximum absolute atomic E-state index is 14.1. The van der Waals surface area contributed by atoms with Crippen molar-refractivity contribution in [1.29, 1.82) is 0 Å². The smallest absolute Gasteiger partial charge is 0.273 e. The van der Waals surface area contributed by atoms with Crippen molar-refractivity contribution < 1.29 is 26.4 Å². The Bertz CT molecular complexity index is 1230. The van der Waals surface area contributed by atoms with Crippen molar-refractivity contribution in [2.75, 3.05) is 18.4 Å². The highest BCUT2D eigenvalue weighted by molar-refractivity contribution is 7.89. The predicted octanol–water partition coefficient (Wildman–Crippen LogP) is 3.64. The van der Waals surface area contributed by atoms with Crippen molar-refractivity contribution in [3.05, 3.63) is 59.8 Å². The molecular weight excluding hydrogens is 442 g/mol. The summed E-state index contributed by atoms with van der Waals surface area (Å²) < 4.78 is 60.5. The van der Waals surface area contributed by atoms with Crippen LogP contribution in [0.25, 0.3) is 11.5 Å². The number of nitrogens with zero attached hydrogens (tertiary/aromatic N) is 2. The molecule has 32 heavy (non-hydrogen) atoms. The molecule has 1 aliphatic rings. The van der Waals surface area contributed by atoms with Crippen molar-refractivity contribution in [2.45, 2.75) is 24.2 Å². The van der Waals surface area contributed by atoms with Crippen molar-refractivity contribution >= 4 is 27.5 Å². The SMILES string of the molecule is NC(=O)c1nc(-c2c(F)cccc2F)oc1Nc1ccc(S(=O)(=O)N2CCCCC2)cc1. The number of amides is 1. The standard InChI is InChI=1S/C21H20F2N4O4S/c22-15-5-4-6-16(23)17(15)20-26-18(19(24)28)21(31-20)25-13-7-9-14(10-8-13)32(29,30)27-11-2-1-3-12-27/h4-10,25H,1-3,11-12H2,(H2,24,28). The lowest BCUT2D eigenvalue weighted by molar-refractivity contribution is 0.0996. The van der Waals surface area contributed by atoms with Crippen LogP contribution < -0.4 is 11.1 Å². The van der Waals surface area contributed by atoms with Gasteiger partial charge in [-0.1, -0.05) is 12.5 Å². The number of piperidine rings is 1. The molecule has 1 aromatic heterocycles. The monoisotopic (exact) mass is 462 g/mol. The number of carbonyl (C=O) groups excluding carboxylic acids is 1. The van der Waals surface area contributed by atoms with E-state index in [-0.39, 0.29) is 16.5 Å². The van der Waals surface area contributed by atoms with E-state index >= 15 is 0 Å². The number of aromatic nitrogens is 1. The minimum atomic E-state index is -3.60. The first-order valence-corrected chi connectivity index (χ1v) is 11.3. The Labute approximate surface area is 183 Å². The van der Waals surface area contributed by atoms with Crippen LogP contribution in [0, 0.1) is 11.6 Å². The van der Waals surface area contributed by atoms with Gasteiger partial charge in [-0.3, -0.25) is 4.79 Å². The third kappa shape index (κ3) is 4.21. The fourth-order valence-corrected chi connectivity index (χ4v) is 4.99. The molecule has 8 nitrogen and oxygen atoms in total. The van der Waals surface area contributed by atoms with E-state index in [4.69, 9.17) is 10.2 Å². The van der Waals surface area contributed by atoms with Crippen LogP contribution >= 0.6 is 0 Å². The Kier molecular flexibility index (Phi) is 5.94. The molecule has 11 heteroatoms. The zero-order valence-corrected chi connectivity index (χ0v) is 17.7. The Balaban J connectivity index is 1.62. The summed E-state index contributed by atoms with van der Waals surface area (Å²) in [5.41, 5.74) is 4.80. The van der Waals surface area contributed by atoms with Gasteiger partial charge in [0.05, 0.1) is 4.90 Å². The summed E-state index contributed by atoms with van der Waals surface area (Å²) >= 11 is 0. The van der Waals surface area contributed by atoms with Crippen LogP contribution in [0.15, 0.2) is 51.8 Å². The number of sulfonamides is 1. The first kappa shape index (κ1) is 21.9. The number of hydrogen-bond acceptors (Lipinski definition) is 6. The maximum atomic E-state index is 14.1. The van der Waals surface area contributed by atoms with Gasteiger partial charge in [0, 0.05) is 18.8 Å². The van der Waals surface area contributed by atoms with Crippen molar-refractivity contribution in [2.24, 2.45) is 5.73 Å². The molecule has 3 aromatic rings. The topological polar surface area (TPSA) is 119 Å². The predicted molar refractivity (Wildman–Crippen MR) is 113 cm³/mol. The summed E-state index contributed by atoms with van der Waals surface area (Å²) in [6, 6.07) is 9.04. The van der Waals surface area contributed by atoms with Crippen molar-refractivity contribution in [3.63, 3.8) is 0 Å². The Morgan fingerprint density at radius 1 is 1.03 bits per heavy atom. The van der Waals surface area contributed by atoms with Gasteiger partial charge in [-0.2, -0.15) is 4.31 Å². The second-order valence-electron chi connectivity index (χ2n) is 7.27. The molecule has 3 N–H and O–H groups in total. The third-order valence-corrected chi connectivity index (χ3v) is 7.02. The Morgan fingerprint density at radius 2 is 1.66 bits per heavy atom. The van der Waals surface area contributed by atoms with E-state index in [0.717, 1.165) is 31.4 Å². The highest BCUT2D eigenvalue weighted by Crippen LogP contribution is 2.31. The number of nitrogens with two attached hydrogens (primary N) is 1. The van der Waals surface area contributed by atoms with Crippen LogP contribution in [0.3, 0.4) is 0 Å². The van der Waals surface area contributed by atoms with Gasteiger partial charge in [0.1, 0.15) is 17.2 Å². The Morgan fingerprint density at radius 3 is 2.25 bits per heavy atom. The van der Waals surface area contributed by atoms with E-state index in [2.05, 4.69) is 10.3 Å². The van der Waals surface area contributed by atoms with E-state index in [0.29, 0.717) is 18.8 Å². The van der Waals surface area contributed by atoms with Crippen LogP contribution in [0.2, 0.25) is 0 Å². The molecule has 0 saturated carbocycles. The molecule has 0 radical (unpaired) electrons. The van der Waals surface area contributed by atoms with Crippen LogP contribution in [-0.4, -0.2) is 36.7 Å². The normalized spacial score (nSPS) is 14.9. The number of carbonyl (C=O) groups is 1. The molecule has 1 amide bonds. The second-order valence-corrected chi connectivity index (χ2v) is 9.21. The quantitative estimate of drug-likeness (QED) is 0.577. The molecule has 0 atom stereocenters. The van der Waals surface area contributed by atoms with Gasteiger partial charge in [-0.25, -0.2) is 22.2 Å². The largest absolute Gasteiger partial charge is 0.419 e. The maximum Gasteiger partial charge on any atom is 0.273 e. The lowest BCUT2D eigenvalue weighted by Gasteiger charge is -2.25. The summed E-state index contributed by atoms with van der Waals surface area (Å²) in [6.07, 6.45) is 2.66. The molecule has 1 saturated heterocycles. The molecule has 0 spiro atoms. The van der Waals surface area contributed by atoms with Crippen molar-refractivity contribution in [1.82, 2.24) is 9.29 Å². The molecule has 0 bridgehead atoms. The highest BCUT2D eigenvalue weighted by Gasteiger charge is 2.26. The van der Waals surface area contributed by atoms with Gasteiger partial charge in [0.15, 0.2) is 5.69 Å². The van der Waals surface area contributed by atoms with E-state index < -0.39 is 39.0 Å². The molecule has 4 rings (SSSR count). The molecular formula is C21H20F2N4O4S. The van der Waals surface area contributed by atoms with Crippen LogP contribution in [0.5, 0.6) is 0 Å². The van der Waals surface area contributed by atoms with Gasteiger partial charge >= 0.3 is 0 Å². The number of anilines is 2. The van der Waals surface area contributed by atoms with E-state index in [1.807, 2.05) is 0 Å². The van der Waals surface area contributed by atoms with Crippen molar-refractivity contribution in [3.8, 4) is 11.5 Å². The molecule has 168 valence electrons. The minimum absolute atomic E-state index is 0.131. The highest BCUT2D eigenvalue weighted by atomic mass is 32.2. The number of primary amides is 1. The summed E-state index contributed by atoms with van der Waals surface area (Å²) in [6.45, 7) is 0.968. The third-order valence-electron chi connectivity index (χ3n) is 5.10. The number of oxazole rings is 1. The van der Waals surface area contributed by atoms with Gasteiger partial charge in [0.25, 0.3) is 5.91 Å². The first-order valence-electron chi connectivity index (χ1n) is 9.89. The number of halogens is 2. The van der Waals surface area contributed by atoms with E-state index in [1.54, 1.807) is 0 Å². The van der Waals surface area contributed by atoms with Crippen LogP contribution in [0.1, 0.15) is 29.8 Å². The number of benzene rings is 2. The fourth-order valence-electron chi connectivity index (χ4n) is 3.48. The minimum Gasteiger partial charge on any atom is -0.419 e. The van der Waals surface area contributed by atoms with E-state index in [1.165, 1.54) is 34.6 Å². The first-order chi connectivity index (χ1) is 15.3. The molecule has 0 aliphatic carbocycles. The molecule has 1 fully saturated rings. The summed E-state index contributed by atoms with van der Waals surface area (Å²) in [4.78, 5) is 15.7. The number of rotatable bonds is 6. The lowest BCUT2D eigenvalue weighted by Crippen LogP contribution is -2.35. The summed E-state index contributed by atoms with van der Waals surface area (Å²) in [5, 5.41) is 2.76. The molecule has 2 heterocycles. The average Bonchev–Trinajstić information content (AvgIpc) is 3.18. The second kappa shape index (κ2) is 8.67. The lowest BCUT2D eigenvalue weighted by atomic mass is 10.2. The summed E-state index contributed by atoms with van der Waals surface area (Å²) in [5.74, 6) is -3.48. The van der Waals surface area contributed by atoms with E-state index in [9.17, 15) is 22.0 Å². The zero-order valence-electron chi connectivity index (χ0n) is 16.8. The molecule has 1 aliphatic heterocycles. The van der Waals surface area contributed by atoms with Gasteiger partial charge in [-0.15, -0.1) is 0 Å². The molecule has 2 aromatic carbocycles. The zero-order chi connectivity index (χ0) is 22.9. The van der Waals surface area contributed by atoms with Gasteiger partial charge in [-0.05, 0) is 49.2 Å². The van der Waals surface area contributed by atoms with Crippen LogP contribution in [0.4, 0.5) is 20.4 Å². The van der Waals surface area contributed by atoms with Gasteiger partial charge < -0.3 is 15.5 Å². The Hall–Kier alpha value is -3.31. The molecule has 0 unspecified atom stereocenters. The number of nitrogens with one attached hydrogen (secondary N) is 1. The van der Waals surface area contributed by atoms with Crippen LogP contribution in [-0.2, 0) is 10.0 Å². The summed E-state index contributed by atoms with van der Waals surface area (Å²) in [7, 11) is -3.60. The average molecular weight is 462 g/mol.